The topological polar surface area (TPSA) is 55.1 Å². The van der Waals surface area contributed by atoms with Crippen molar-refractivity contribution in [1.29, 1.82) is 0 Å². The highest BCUT2D eigenvalue weighted by molar-refractivity contribution is 9.10. The van der Waals surface area contributed by atoms with Crippen LogP contribution in [0.1, 0.15) is 15.9 Å². The minimum absolute atomic E-state index is 0.0746. The number of amides is 1. The molecular formula is C14H12BrFN2O. The molecule has 0 heterocycles. The number of aryl methyl sites for hydroxylation is 1. The maximum atomic E-state index is 13.5. The lowest BCUT2D eigenvalue weighted by molar-refractivity contribution is 0.102. The molecule has 3 nitrogen and oxygen atoms in total. The molecular weight excluding hydrogens is 311 g/mol. The average molecular weight is 323 g/mol. The summed E-state index contributed by atoms with van der Waals surface area (Å²) in [4.78, 5) is 12.0. The van der Waals surface area contributed by atoms with Crippen LogP contribution in [0.15, 0.2) is 40.9 Å². The monoisotopic (exact) mass is 322 g/mol. The number of benzene rings is 2. The Morgan fingerprint density at radius 3 is 2.68 bits per heavy atom. The zero-order chi connectivity index (χ0) is 14.0. The lowest BCUT2D eigenvalue weighted by Gasteiger charge is -2.08. The van der Waals surface area contributed by atoms with E-state index in [9.17, 15) is 9.18 Å². The van der Waals surface area contributed by atoms with Crippen molar-refractivity contribution in [2.75, 3.05) is 11.1 Å². The second-order valence-corrected chi connectivity index (χ2v) is 5.01. The van der Waals surface area contributed by atoms with Gasteiger partial charge in [0.05, 0.1) is 5.69 Å². The smallest absolute Gasteiger partial charge is 0.255 e. The molecule has 0 aliphatic carbocycles. The molecule has 0 aliphatic heterocycles. The van der Waals surface area contributed by atoms with E-state index in [0.717, 1.165) is 10.0 Å². The lowest BCUT2D eigenvalue weighted by atomic mass is 10.1. The van der Waals surface area contributed by atoms with Crippen LogP contribution in [-0.4, -0.2) is 5.91 Å². The molecule has 1 amide bonds. The summed E-state index contributed by atoms with van der Waals surface area (Å²) in [5.74, 6) is -0.892. The van der Waals surface area contributed by atoms with Crippen LogP contribution < -0.4 is 11.1 Å². The number of rotatable bonds is 2. The van der Waals surface area contributed by atoms with E-state index in [-0.39, 0.29) is 11.6 Å². The van der Waals surface area contributed by atoms with E-state index in [2.05, 4.69) is 21.2 Å². The summed E-state index contributed by atoms with van der Waals surface area (Å²) in [5.41, 5.74) is 7.42. The molecule has 3 N–H and O–H groups in total. The van der Waals surface area contributed by atoms with Crippen molar-refractivity contribution >= 4 is 33.2 Å². The van der Waals surface area contributed by atoms with Crippen molar-refractivity contribution in [3.05, 3.63) is 57.8 Å². The number of nitrogen functional groups attached to an aromatic ring is 1. The number of carbonyl (C=O) groups is 1. The Morgan fingerprint density at radius 2 is 2.00 bits per heavy atom. The number of halogens is 2. The van der Waals surface area contributed by atoms with Gasteiger partial charge in [0, 0.05) is 15.7 Å². The van der Waals surface area contributed by atoms with Gasteiger partial charge in [0.1, 0.15) is 5.82 Å². The maximum Gasteiger partial charge on any atom is 0.255 e. The zero-order valence-corrected chi connectivity index (χ0v) is 11.8. The van der Waals surface area contributed by atoms with Gasteiger partial charge in [0.15, 0.2) is 0 Å². The van der Waals surface area contributed by atoms with Gasteiger partial charge in [-0.05, 0) is 48.9 Å². The highest BCUT2D eigenvalue weighted by atomic mass is 79.9. The molecule has 0 atom stereocenters. The molecule has 0 saturated carbocycles. The Hall–Kier alpha value is -1.88. The van der Waals surface area contributed by atoms with Crippen molar-refractivity contribution in [3.8, 4) is 0 Å². The van der Waals surface area contributed by atoms with Gasteiger partial charge < -0.3 is 11.1 Å². The van der Waals surface area contributed by atoms with Gasteiger partial charge in [-0.2, -0.15) is 0 Å². The number of carbonyl (C=O) groups excluding carboxylic acids is 1. The predicted octanol–water partition coefficient (Wildman–Crippen LogP) is 3.73. The van der Waals surface area contributed by atoms with E-state index in [1.807, 2.05) is 6.92 Å². The van der Waals surface area contributed by atoms with Crippen molar-refractivity contribution in [3.63, 3.8) is 0 Å². The predicted molar refractivity (Wildman–Crippen MR) is 77.6 cm³/mol. The van der Waals surface area contributed by atoms with Crippen LogP contribution in [0.5, 0.6) is 0 Å². The van der Waals surface area contributed by atoms with Gasteiger partial charge in [-0.3, -0.25) is 4.79 Å². The summed E-state index contributed by atoms with van der Waals surface area (Å²) in [6.07, 6.45) is 0. The van der Waals surface area contributed by atoms with Crippen LogP contribution in [0, 0.1) is 12.7 Å². The fraction of sp³-hybridized carbons (Fsp3) is 0.0714. The highest BCUT2D eigenvalue weighted by Crippen LogP contribution is 2.20. The van der Waals surface area contributed by atoms with Gasteiger partial charge in [-0.1, -0.05) is 15.9 Å². The average Bonchev–Trinajstić information content (AvgIpc) is 2.37. The number of hydrogen-bond donors (Lipinski definition) is 2. The molecule has 0 aromatic heterocycles. The number of nitrogens with one attached hydrogen (secondary N) is 1. The number of anilines is 2. The summed E-state index contributed by atoms with van der Waals surface area (Å²) in [6, 6.07) is 9.21. The Bertz CT molecular complexity index is 643. The fourth-order valence-corrected chi connectivity index (χ4v) is 1.87. The molecule has 0 unspecified atom stereocenters. The van der Waals surface area contributed by atoms with E-state index in [1.54, 1.807) is 18.2 Å². The molecule has 0 spiro atoms. The molecule has 0 aliphatic rings. The molecule has 19 heavy (non-hydrogen) atoms. The fourth-order valence-electron chi connectivity index (χ4n) is 1.62. The quantitative estimate of drug-likeness (QED) is 0.828. The molecule has 2 aromatic rings. The van der Waals surface area contributed by atoms with Gasteiger partial charge in [-0.15, -0.1) is 0 Å². The maximum absolute atomic E-state index is 13.5. The standard InChI is InChI=1S/C14H12BrFN2O/c1-8-6-9(2-4-11(8)15)14(19)18-13-7-10(17)3-5-12(13)16/h2-7H,17H2,1H3,(H,18,19). The van der Waals surface area contributed by atoms with Gasteiger partial charge in [-0.25, -0.2) is 4.39 Å². The van der Waals surface area contributed by atoms with E-state index in [4.69, 9.17) is 5.73 Å². The van der Waals surface area contributed by atoms with Crippen molar-refractivity contribution in [2.24, 2.45) is 0 Å². The Kier molecular flexibility index (Phi) is 3.85. The van der Waals surface area contributed by atoms with E-state index in [1.165, 1.54) is 18.2 Å². The first-order valence-electron chi connectivity index (χ1n) is 5.60. The first-order chi connectivity index (χ1) is 8.97. The van der Waals surface area contributed by atoms with Crippen LogP contribution in [0.25, 0.3) is 0 Å². The number of nitrogens with two attached hydrogens (primary N) is 1. The van der Waals surface area contributed by atoms with Crippen LogP contribution in [-0.2, 0) is 0 Å². The van der Waals surface area contributed by atoms with Crippen molar-refractivity contribution < 1.29 is 9.18 Å². The first kappa shape index (κ1) is 13.5. The van der Waals surface area contributed by atoms with Crippen LogP contribution >= 0.6 is 15.9 Å². The Balaban J connectivity index is 2.25. The summed E-state index contributed by atoms with van der Waals surface area (Å²) >= 11 is 3.36. The van der Waals surface area contributed by atoms with Crippen LogP contribution in [0.4, 0.5) is 15.8 Å². The summed E-state index contributed by atoms with van der Waals surface area (Å²) < 4.78 is 14.4. The van der Waals surface area contributed by atoms with Crippen molar-refractivity contribution in [1.82, 2.24) is 0 Å². The third-order valence-electron chi connectivity index (χ3n) is 2.66. The summed E-state index contributed by atoms with van der Waals surface area (Å²) in [5, 5.41) is 2.50. The molecule has 2 aromatic carbocycles. The van der Waals surface area contributed by atoms with E-state index >= 15 is 0 Å². The van der Waals surface area contributed by atoms with Gasteiger partial charge >= 0.3 is 0 Å². The summed E-state index contributed by atoms with van der Waals surface area (Å²) in [6.45, 7) is 1.88. The normalized spacial score (nSPS) is 10.3. The second kappa shape index (κ2) is 5.40. The Morgan fingerprint density at radius 1 is 1.26 bits per heavy atom. The van der Waals surface area contributed by atoms with Gasteiger partial charge in [0.2, 0.25) is 0 Å². The Labute approximate surface area is 118 Å². The van der Waals surface area contributed by atoms with Gasteiger partial charge in [0.25, 0.3) is 5.91 Å². The van der Waals surface area contributed by atoms with E-state index < -0.39 is 5.82 Å². The lowest BCUT2D eigenvalue weighted by Crippen LogP contribution is -2.13. The van der Waals surface area contributed by atoms with Crippen LogP contribution in [0.3, 0.4) is 0 Å². The molecule has 98 valence electrons. The minimum atomic E-state index is -0.517. The SMILES string of the molecule is Cc1cc(C(=O)Nc2cc(N)ccc2F)ccc1Br. The third-order valence-corrected chi connectivity index (χ3v) is 3.55. The largest absolute Gasteiger partial charge is 0.399 e. The summed E-state index contributed by atoms with van der Waals surface area (Å²) in [7, 11) is 0. The molecule has 0 saturated heterocycles. The third kappa shape index (κ3) is 3.12. The molecule has 0 fully saturated rings. The molecule has 0 radical (unpaired) electrons. The molecule has 0 bridgehead atoms. The second-order valence-electron chi connectivity index (χ2n) is 4.16. The zero-order valence-electron chi connectivity index (χ0n) is 10.2. The first-order valence-corrected chi connectivity index (χ1v) is 6.39. The molecule has 5 heteroatoms. The van der Waals surface area contributed by atoms with Crippen molar-refractivity contribution in [2.45, 2.75) is 6.92 Å². The van der Waals surface area contributed by atoms with E-state index in [0.29, 0.717) is 11.3 Å². The number of hydrogen-bond acceptors (Lipinski definition) is 2. The highest BCUT2D eigenvalue weighted by Gasteiger charge is 2.10. The molecule has 2 rings (SSSR count). The minimum Gasteiger partial charge on any atom is -0.399 e. The van der Waals surface area contributed by atoms with Crippen LogP contribution in [0.2, 0.25) is 0 Å².